The first-order valence-electron chi connectivity index (χ1n) is 3.20. The standard InChI is InChI=1S/C6H13F2OP/c1-2-6(3-7,4-8)9-5-10/h2-5,10H2,1H3. The molecule has 1 nitrogen and oxygen atoms in total. The molecule has 0 amide bonds. The molecule has 0 aromatic rings. The Morgan fingerprint density at radius 1 is 1.40 bits per heavy atom. The zero-order valence-corrected chi connectivity index (χ0v) is 7.22. The van der Waals surface area contributed by atoms with Crippen LogP contribution in [-0.2, 0) is 4.74 Å². The molecule has 0 aliphatic heterocycles. The second-order valence-corrected chi connectivity index (χ2v) is 2.45. The third kappa shape index (κ3) is 2.47. The van der Waals surface area contributed by atoms with E-state index in [0.717, 1.165) is 0 Å². The van der Waals surface area contributed by atoms with Crippen LogP contribution in [0.5, 0.6) is 0 Å². The number of hydrogen-bond donors (Lipinski definition) is 0. The molecule has 0 spiro atoms. The highest BCUT2D eigenvalue weighted by Crippen LogP contribution is 2.18. The first-order chi connectivity index (χ1) is 4.74. The van der Waals surface area contributed by atoms with Crippen molar-refractivity contribution in [2.45, 2.75) is 18.9 Å². The van der Waals surface area contributed by atoms with Gasteiger partial charge in [0.15, 0.2) is 0 Å². The van der Waals surface area contributed by atoms with Crippen molar-refractivity contribution in [2.24, 2.45) is 0 Å². The summed E-state index contributed by atoms with van der Waals surface area (Å²) in [6.07, 6.45) is 0.649. The van der Waals surface area contributed by atoms with Gasteiger partial charge in [0.05, 0.1) is 6.35 Å². The summed E-state index contributed by atoms with van der Waals surface area (Å²) in [7, 11) is 2.27. The molecule has 62 valence electrons. The second kappa shape index (κ2) is 4.97. The molecule has 0 aromatic heterocycles. The fourth-order valence-electron chi connectivity index (χ4n) is 0.581. The third-order valence-corrected chi connectivity index (χ3v) is 1.69. The third-order valence-electron chi connectivity index (χ3n) is 1.52. The van der Waals surface area contributed by atoms with E-state index >= 15 is 0 Å². The quantitative estimate of drug-likeness (QED) is 0.573. The van der Waals surface area contributed by atoms with Crippen LogP contribution in [0.3, 0.4) is 0 Å². The van der Waals surface area contributed by atoms with E-state index in [1.54, 1.807) is 6.92 Å². The largest absolute Gasteiger partial charge is 0.366 e. The molecule has 0 rings (SSSR count). The molecule has 1 unspecified atom stereocenters. The van der Waals surface area contributed by atoms with E-state index in [4.69, 9.17) is 4.74 Å². The molecule has 1 atom stereocenters. The summed E-state index contributed by atoms with van der Waals surface area (Å²) >= 11 is 0. The summed E-state index contributed by atoms with van der Waals surface area (Å²) in [6, 6.07) is 0. The monoisotopic (exact) mass is 170 g/mol. The van der Waals surface area contributed by atoms with Crippen LogP contribution in [0.25, 0.3) is 0 Å². The van der Waals surface area contributed by atoms with Crippen molar-refractivity contribution in [3.63, 3.8) is 0 Å². The van der Waals surface area contributed by atoms with Crippen LogP contribution in [0.15, 0.2) is 0 Å². The van der Waals surface area contributed by atoms with Crippen molar-refractivity contribution in [2.75, 3.05) is 19.7 Å². The Morgan fingerprint density at radius 2 is 1.90 bits per heavy atom. The SMILES string of the molecule is CCC(CF)(CF)OCP. The molecule has 4 heteroatoms. The molecule has 0 fully saturated rings. The molecule has 0 saturated carbocycles. The van der Waals surface area contributed by atoms with Gasteiger partial charge in [0.2, 0.25) is 0 Å². The summed E-state index contributed by atoms with van der Waals surface area (Å²) < 4.78 is 29.1. The highest BCUT2D eigenvalue weighted by Gasteiger charge is 2.28. The maximum atomic E-state index is 12.1. The first-order valence-corrected chi connectivity index (χ1v) is 4.02. The van der Waals surface area contributed by atoms with Gasteiger partial charge in [0.1, 0.15) is 19.0 Å². The van der Waals surface area contributed by atoms with Crippen molar-refractivity contribution in [3.05, 3.63) is 0 Å². The average Bonchev–Trinajstić information content (AvgIpc) is 2.01. The molecule has 0 N–H and O–H groups in total. The number of rotatable bonds is 5. The second-order valence-electron chi connectivity index (χ2n) is 2.11. The van der Waals surface area contributed by atoms with Gasteiger partial charge < -0.3 is 4.74 Å². The molecular weight excluding hydrogens is 157 g/mol. The summed E-state index contributed by atoms with van der Waals surface area (Å²) in [5.74, 6) is 0. The minimum atomic E-state index is -1.18. The van der Waals surface area contributed by atoms with Crippen LogP contribution in [0.1, 0.15) is 13.3 Å². The highest BCUT2D eigenvalue weighted by molar-refractivity contribution is 7.16. The number of ether oxygens (including phenoxy) is 1. The van der Waals surface area contributed by atoms with Crippen molar-refractivity contribution in [3.8, 4) is 0 Å². The summed E-state index contributed by atoms with van der Waals surface area (Å²) in [4.78, 5) is 0. The van der Waals surface area contributed by atoms with Gasteiger partial charge >= 0.3 is 0 Å². The molecule has 0 bridgehead atoms. The summed E-state index contributed by atoms with van der Waals surface area (Å²) in [5, 5.41) is 0. The van der Waals surface area contributed by atoms with Gasteiger partial charge in [-0.2, -0.15) is 0 Å². The van der Waals surface area contributed by atoms with Crippen LogP contribution in [0.2, 0.25) is 0 Å². The summed E-state index contributed by atoms with van der Waals surface area (Å²) in [5.41, 5.74) is -1.18. The van der Waals surface area contributed by atoms with Crippen molar-refractivity contribution in [1.29, 1.82) is 0 Å². The van der Waals surface area contributed by atoms with Gasteiger partial charge in [0, 0.05) is 0 Å². The minimum absolute atomic E-state index is 0.279. The van der Waals surface area contributed by atoms with E-state index in [0.29, 0.717) is 6.42 Å². The van der Waals surface area contributed by atoms with Crippen LogP contribution >= 0.6 is 9.24 Å². The lowest BCUT2D eigenvalue weighted by Crippen LogP contribution is -2.36. The maximum absolute atomic E-state index is 12.1. The molecule has 0 heterocycles. The lowest BCUT2D eigenvalue weighted by molar-refractivity contribution is -0.0564. The summed E-state index contributed by atoms with van der Waals surface area (Å²) in [6.45, 7) is 0.197. The van der Waals surface area contributed by atoms with Crippen molar-refractivity contribution in [1.82, 2.24) is 0 Å². The molecular formula is C6H13F2OP. The molecule has 10 heavy (non-hydrogen) atoms. The van der Waals surface area contributed by atoms with Gasteiger partial charge in [-0.1, -0.05) is 6.92 Å². The number of alkyl halides is 2. The predicted molar refractivity (Wildman–Crippen MR) is 40.6 cm³/mol. The average molecular weight is 170 g/mol. The predicted octanol–water partition coefficient (Wildman–Crippen LogP) is 1.92. The Balaban J connectivity index is 3.87. The van der Waals surface area contributed by atoms with Crippen molar-refractivity contribution >= 4 is 9.24 Å². The van der Waals surface area contributed by atoms with Crippen LogP contribution in [0.4, 0.5) is 8.78 Å². The topological polar surface area (TPSA) is 9.23 Å². The van der Waals surface area contributed by atoms with Crippen LogP contribution in [0, 0.1) is 0 Å². The molecule has 0 saturated heterocycles. The first kappa shape index (κ1) is 10.2. The van der Waals surface area contributed by atoms with Gasteiger partial charge in [0.25, 0.3) is 0 Å². The molecule has 0 aromatic carbocycles. The fraction of sp³-hybridized carbons (Fsp3) is 1.00. The molecule has 0 radical (unpaired) electrons. The maximum Gasteiger partial charge on any atom is 0.125 e. The Morgan fingerprint density at radius 3 is 2.00 bits per heavy atom. The lowest BCUT2D eigenvalue weighted by Gasteiger charge is -2.25. The van der Waals surface area contributed by atoms with Gasteiger partial charge in [-0.15, -0.1) is 9.24 Å². The van der Waals surface area contributed by atoms with Gasteiger partial charge in [-0.05, 0) is 6.42 Å². The van der Waals surface area contributed by atoms with E-state index in [9.17, 15) is 8.78 Å². The number of halogens is 2. The van der Waals surface area contributed by atoms with E-state index in [1.165, 1.54) is 0 Å². The zero-order chi connectivity index (χ0) is 8.04. The Hall–Kier alpha value is 0.250. The smallest absolute Gasteiger partial charge is 0.125 e. The fourth-order valence-corrected chi connectivity index (χ4v) is 0.934. The van der Waals surface area contributed by atoms with E-state index in [1.807, 2.05) is 0 Å². The molecule has 0 aliphatic rings. The van der Waals surface area contributed by atoms with Crippen LogP contribution in [-0.4, -0.2) is 25.3 Å². The van der Waals surface area contributed by atoms with E-state index in [-0.39, 0.29) is 6.35 Å². The Labute approximate surface area is 62.3 Å². The Bertz CT molecular complexity index is 77.6. The van der Waals surface area contributed by atoms with Gasteiger partial charge in [-0.3, -0.25) is 0 Å². The Kier molecular flexibility index (Phi) is 5.10. The normalized spacial score (nSPS) is 12.0. The van der Waals surface area contributed by atoms with E-state index < -0.39 is 19.0 Å². The lowest BCUT2D eigenvalue weighted by atomic mass is 10.1. The molecule has 0 aliphatic carbocycles. The van der Waals surface area contributed by atoms with Gasteiger partial charge in [-0.25, -0.2) is 8.78 Å². The highest BCUT2D eigenvalue weighted by atomic mass is 31.0. The number of hydrogen-bond acceptors (Lipinski definition) is 1. The van der Waals surface area contributed by atoms with Crippen LogP contribution < -0.4 is 0 Å². The van der Waals surface area contributed by atoms with E-state index in [2.05, 4.69) is 9.24 Å². The zero-order valence-electron chi connectivity index (χ0n) is 6.07. The van der Waals surface area contributed by atoms with Crippen molar-refractivity contribution < 1.29 is 13.5 Å². The minimum Gasteiger partial charge on any atom is -0.366 e.